The van der Waals surface area contributed by atoms with Crippen molar-refractivity contribution in [1.82, 2.24) is 30.7 Å². The van der Waals surface area contributed by atoms with Gasteiger partial charge < -0.3 is 39.3 Å². The predicted molar refractivity (Wildman–Crippen MR) is 183 cm³/mol. The summed E-state index contributed by atoms with van der Waals surface area (Å²) in [6.45, 7) is 6.85. The summed E-state index contributed by atoms with van der Waals surface area (Å²) >= 11 is 0. The molecule has 6 rings (SSSR count). The molecule has 15 nitrogen and oxygen atoms in total. The molecule has 51 heavy (non-hydrogen) atoms. The van der Waals surface area contributed by atoms with Crippen molar-refractivity contribution in [3.8, 4) is 23.1 Å². The van der Waals surface area contributed by atoms with E-state index in [0.29, 0.717) is 46.8 Å². The summed E-state index contributed by atoms with van der Waals surface area (Å²) in [5.74, 6) is -1.09. The van der Waals surface area contributed by atoms with E-state index in [0.717, 1.165) is 19.3 Å². The largest absolute Gasteiger partial charge is 0.497 e. The van der Waals surface area contributed by atoms with E-state index in [-0.39, 0.29) is 31.2 Å². The molecule has 2 aliphatic heterocycles. The molecule has 3 aromatic rings. The van der Waals surface area contributed by atoms with E-state index in [2.05, 4.69) is 25.8 Å². The van der Waals surface area contributed by atoms with Gasteiger partial charge in [-0.1, -0.05) is 25.0 Å². The lowest BCUT2D eigenvalue weighted by Crippen LogP contribution is -2.56. The number of nitrogens with one attached hydrogen (secondary N) is 2. The van der Waals surface area contributed by atoms with E-state index >= 15 is 0 Å². The van der Waals surface area contributed by atoms with Crippen LogP contribution in [0.15, 0.2) is 40.8 Å². The molecule has 5 atom stereocenters. The first kappa shape index (κ1) is 35.6. The Hall–Kier alpha value is -5.21. The number of carbonyl (C=O) groups is 4. The molecular weight excluding hydrogens is 660 g/mol. The number of methoxy groups -OCH3 is 1. The zero-order chi connectivity index (χ0) is 36.5. The number of fused-ring (bicyclic) bond motifs is 3. The first-order valence-corrected chi connectivity index (χ1v) is 17.2. The standard InChI is InChI=1S/C36H44N6O9/c1-20-40-41-31(49-20)27-17-29(24-14-13-22(48-5)15-26(24)37-27)50-23-16-28-30(43)39-36(33(45)46)18-21(36)11-9-7-6-8-10-12-25(32(44)42(28)19-23)38-34(47)51-35(2,3)4/h9,11,13-15,17,21,23,25,28H,6-8,10,12,16,18-19H2,1-5H3,(H,38,47)(H,39,43)(H,45,46)/b11-9-/t21-,23+,25-,28-,36+/m0/s1. The molecule has 0 unspecified atom stereocenters. The second-order valence-electron chi connectivity index (χ2n) is 14.3. The van der Waals surface area contributed by atoms with E-state index in [4.69, 9.17) is 18.6 Å². The van der Waals surface area contributed by atoms with Crippen LogP contribution in [0.2, 0.25) is 0 Å². The fraction of sp³-hybridized carbons (Fsp3) is 0.528. The zero-order valence-electron chi connectivity index (χ0n) is 29.4. The third kappa shape index (κ3) is 7.92. The molecule has 2 fully saturated rings. The van der Waals surface area contributed by atoms with Gasteiger partial charge in [0.15, 0.2) is 0 Å². The van der Waals surface area contributed by atoms with Gasteiger partial charge in [-0.15, -0.1) is 10.2 Å². The van der Waals surface area contributed by atoms with Crippen molar-refractivity contribution in [2.24, 2.45) is 5.92 Å². The second kappa shape index (κ2) is 14.2. The Morgan fingerprint density at radius 1 is 1.14 bits per heavy atom. The Morgan fingerprint density at radius 3 is 2.65 bits per heavy atom. The smallest absolute Gasteiger partial charge is 0.408 e. The second-order valence-corrected chi connectivity index (χ2v) is 14.3. The molecule has 1 saturated carbocycles. The van der Waals surface area contributed by atoms with Gasteiger partial charge in [-0.2, -0.15) is 0 Å². The molecule has 1 saturated heterocycles. The molecule has 1 aromatic carbocycles. The molecule has 1 aliphatic carbocycles. The van der Waals surface area contributed by atoms with E-state index in [9.17, 15) is 24.3 Å². The van der Waals surface area contributed by atoms with Gasteiger partial charge in [-0.25, -0.2) is 14.6 Å². The number of aromatic nitrogens is 3. The van der Waals surface area contributed by atoms with Gasteiger partial charge in [0.25, 0.3) is 5.89 Å². The molecule has 3 amide bonds. The number of ether oxygens (including phenoxy) is 3. The van der Waals surface area contributed by atoms with Gasteiger partial charge in [0, 0.05) is 36.8 Å². The van der Waals surface area contributed by atoms with E-state index in [1.54, 1.807) is 59.1 Å². The fourth-order valence-corrected chi connectivity index (χ4v) is 6.69. The van der Waals surface area contributed by atoms with Gasteiger partial charge in [0.05, 0.1) is 19.2 Å². The molecule has 0 radical (unpaired) electrons. The van der Waals surface area contributed by atoms with Crippen molar-refractivity contribution in [3.63, 3.8) is 0 Å². The van der Waals surface area contributed by atoms with E-state index in [1.807, 2.05) is 12.2 Å². The number of hydrogen-bond acceptors (Lipinski definition) is 11. The maximum absolute atomic E-state index is 14.4. The highest BCUT2D eigenvalue weighted by Crippen LogP contribution is 2.45. The maximum Gasteiger partial charge on any atom is 0.408 e. The van der Waals surface area contributed by atoms with Crippen molar-refractivity contribution in [1.29, 1.82) is 0 Å². The van der Waals surface area contributed by atoms with E-state index < -0.39 is 53.2 Å². The van der Waals surface area contributed by atoms with Gasteiger partial charge in [-0.05, 0) is 58.6 Å². The zero-order valence-corrected chi connectivity index (χ0v) is 29.4. The van der Waals surface area contributed by atoms with Gasteiger partial charge in [0.1, 0.15) is 46.5 Å². The summed E-state index contributed by atoms with van der Waals surface area (Å²) < 4.78 is 23.1. The first-order chi connectivity index (χ1) is 24.3. The van der Waals surface area contributed by atoms with Crippen molar-refractivity contribution >= 4 is 34.8 Å². The summed E-state index contributed by atoms with van der Waals surface area (Å²) in [5.41, 5.74) is -1.38. The Balaban J connectivity index is 1.34. The SMILES string of the molecule is COc1ccc2c(O[C@@H]3C[C@H]4C(=O)N[C@]5(C(=O)O)C[C@@H]5/C=C\CCCCC[C@H](NC(=O)OC(C)(C)C)C(=O)N4C3)cc(-c3nnc(C)o3)nc2c1. The van der Waals surface area contributed by atoms with Crippen LogP contribution >= 0.6 is 0 Å². The Labute approximate surface area is 295 Å². The van der Waals surface area contributed by atoms with Crippen LogP contribution in [-0.2, 0) is 19.1 Å². The number of carboxylic acid groups (broad SMARTS) is 1. The number of nitrogens with zero attached hydrogens (tertiary/aromatic N) is 4. The average molecular weight is 705 g/mol. The van der Waals surface area contributed by atoms with Crippen LogP contribution in [0.1, 0.15) is 71.6 Å². The van der Waals surface area contributed by atoms with Crippen LogP contribution in [0.3, 0.4) is 0 Å². The summed E-state index contributed by atoms with van der Waals surface area (Å²) in [5, 5.41) is 24.4. The number of alkyl carbamates (subject to hydrolysis) is 1. The summed E-state index contributed by atoms with van der Waals surface area (Å²) in [6.07, 6.45) is 5.96. The number of aryl methyl sites for hydroxylation is 1. The minimum atomic E-state index is -1.47. The Morgan fingerprint density at radius 2 is 1.94 bits per heavy atom. The molecular formula is C36H44N6O9. The van der Waals surface area contributed by atoms with Crippen LogP contribution in [0.5, 0.6) is 11.5 Å². The topological polar surface area (TPSA) is 195 Å². The predicted octanol–water partition coefficient (Wildman–Crippen LogP) is 4.32. The molecule has 2 aromatic heterocycles. The number of pyridine rings is 1. The quantitative estimate of drug-likeness (QED) is 0.308. The highest BCUT2D eigenvalue weighted by Gasteiger charge is 2.61. The molecule has 3 N–H and O–H groups in total. The van der Waals surface area contributed by atoms with Crippen LogP contribution < -0.4 is 20.1 Å². The Bertz CT molecular complexity index is 1850. The van der Waals surface area contributed by atoms with Gasteiger partial charge in [0.2, 0.25) is 17.7 Å². The Kier molecular flexibility index (Phi) is 9.91. The lowest BCUT2D eigenvalue weighted by atomic mass is 10.0. The summed E-state index contributed by atoms with van der Waals surface area (Å²) in [4.78, 5) is 59.9. The number of rotatable bonds is 6. The number of carbonyl (C=O) groups excluding carboxylic acids is 3. The van der Waals surface area contributed by atoms with Crippen molar-refractivity contribution in [2.75, 3.05) is 13.7 Å². The van der Waals surface area contributed by atoms with Gasteiger partial charge in [-0.3, -0.25) is 9.59 Å². The number of aliphatic carboxylic acids is 1. The molecule has 15 heteroatoms. The van der Waals surface area contributed by atoms with Crippen LogP contribution in [0, 0.1) is 12.8 Å². The maximum atomic E-state index is 14.4. The minimum absolute atomic E-state index is 0.0121. The number of benzene rings is 1. The molecule has 0 spiro atoms. The molecule has 3 aliphatic rings. The van der Waals surface area contributed by atoms with Crippen LogP contribution in [-0.4, -0.2) is 92.0 Å². The van der Waals surface area contributed by atoms with Crippen molar-refractivity contribution < 1.29 is 42.9 Å². The third-order valence-electron chi connectivity index (χ3n) is 9.33. The van der Waals surface area contributed by atoms with E-state index in [1.165, 1.54) is 4.90 Å². The highest BCUT2D eigenvalue weighted by atomic mass is 16.6. The number of amides is 3. The lowest BCUT2D eigenvalue weighted by molar-refractivity contribution is -0.145. The van der Waals surface area contributed by atoms with Gasteiger partial charge >= 0.3 is 12.1 Å². The first-order valence-electron chi connectivity index (χ1n) is 17.2. The molecule has 4 heterocycles. The monoisotopic (exact) mass is 704 g/mol. The molecule has 0 bridgehead atoms. The summed E-state index contributed by atoms with van der Waals surface area (Å²) in [7, 11) is 1.55. The third-order valence-corrected chi connectivity index (χ3v) is 9.33. The minimum Gasteiger partial charge on any atom is -0.497 e. The number of allylic oxidation sites excluding steroid dienone is 1. The fourth-order valence-electron chi connectivity index (χ4n) is 6.69. The molecule has 272 valence electrons. The highest BCUT2D eigenvalue weighted by molar-refractivity contribution is 5.96. The average Bonchev–Trinajstić information content (AvgIpc) is 3.34. The van der Waals surface area contributed by atoms with Crippen LogP contribution in [0.4, 0.5) is 4.79 Å². The van der Waals surface area contributed by atoms with Crippen LogP contribution in [0.25, 0.3) is 22.5 Å². The number of carboxylic acids is 1. The van der Waals surface area contributed by atoms with Crippen molar-refractivity contribution in [3.05, 3.63) is 42.3 Å². The number of hydrogen-bond donors (Lipinski definition) is 3. The summed E-state index contributed by atoms with van der Waals surface area (Å²) in [6, 6.07) is 4.89. The lowest BCUT2D eigenvalue weighted by Gasteiger charge is -2.30. The normalized spacial score (nSPS) is 26.2. The van der Waals surface area contributed by atoms with Crippen molar-refractivity contribution in [2.45, 2.75) is 102 Å².